The van der Waals surface area contributed by atoms with Crippen LogP contribution in [0.2, 0.25) is 0 Å². The minimum absolute atomic E-state index is 0.0130. The van der Waals surface area contributed by atoms with E-state index in [1.165, 1.54) is 7.11 Å². The number of carbonyl (C=O) groups excluding carboxylic acids is 2. The predicted octanol–water partition coefficient (Wildman–Crippen LogP) is -0.00400. The third-order valence-corrected chi connectivity index (χ3v) is 16.1. The molecule has 59 heavy (non-hydrogen) atoms. The summed E-state index contributed by atoms with van der Waals surface area (Å²) in [7, 11) is 1.54. The van der Waals surface area contributed by atoms with E-state index in [-0.39, 0.29) is 28.8 Å². The molecule has 0 radical (unpaired) electrons. The first-order valence-electron chi connectivity index (χ1n) is 21.6. The van der Waals surface area contributed by atoms with Crippen molar-refractivity contribution in [1.29, 1.82) is 0 Å². The van der Waals surface area contributed by atoms with Gasteiger partial charge in [-0.25, -0.2) is 4.79 Å². The molecule has 7 fully saturated rings. The fraction of sp³-hybridized carbons (Fsp3) is 0.905. The lowest BCUT2D eigenvalue weighted by atomic mass is 9.37. The number of carbonyl (C=O) groups is 2. The number of rotatable bonds is 10. The number of methoxy groups -OCH3 is 1. The molecule has 334 valence electrons. The van der Waals surface area contributed by atoms with Crippen LogP contribution in [-0.2, 0) is 47.5 Å². The van der Waals surface area contributed by atoms with E-state index in [4.69, 9.17) is 37.9 Å². The zero-order valence-corrected chi connectivity index (χ0v) is 34.4. The van der Waals surface area contributed by atoms with E-state index in [9.17, 15) is 45.3 Å². The van der Waals surface area contributed by atoms with E-state index in [2.05, 4.69) is 13.8 Å². The molecule has 4 saturated carbocycles. The van der Waals surface area contributed by atoms with Gasteiger partial charge in [0.25, 0.3) is 0 Å². The molecule has 3 saturated heterocycles. The summed E-state index contributed by atoms with van der Waals surface area (Å²) >= 11 is 0. The largest absolute Gasteiger partial charge is 0.458 e. The first kappa shape index (κ1) is 43.9. The quantitative estimate of drug-likeness (QED) is 0.113. The molecule has 0 unspecified atom stereocenters. The van der Waals surface area contributed by atoms with Gasteiger partial charge in [0, 0.05) is 30.4 Å². The number of ether oxygens (including phenoxy) is 8. The molecule has 0 aromatic heterocycles. The average molecular weight is 841 g/mol. The summed E-state index contributed by atoms with van der Waals surface area (Å²) in [4.78, 5) is 26.6. The standard InChI is InChI=1S/C42H64O17/c1-19-36(59-38-35(50)33(48)31(46)26(58-38)18-54-37-34(49)32(47)30(45)25(16-43)57-37)24(52-4)15-29(55-19)56-22-6-9-40(2)21(14-22)5-11-42-12-7-23(20-13-28(44)53-17-20)41(3,39(42)51)10-8-27(40)42/h13,19,21-27,29-38,43,45-50H,5-12,14-18H2,1-4H3/t19-,21-,22-,23-,24-,25-,26-,27+,29+,30-,31-,32+,33+,34-,35-,36+,37-,38+,40-,41-,42-/m1/s1. The first-order valence-corrected chi connectivity index (χ1v) is 21.6. The molecule has 4 aliphatic heterocycles. The second-order valence-corrected chi connectivity index (χ2v) is 19.1. The molecular weight excluding hydrogens is 776 g/mol. The highest BCUT2D eigenvalue weighted by Crippen LogP contribution is 2.70. The Morgan fingerprint density at radius 2 is 1.47 bits per heavy atom. The molecule has 8 aliphatic rings. The van der Waals surface area contributed by atoms with Gasteiger partial charge >= 0.3 is 5.97 Å². The third-order valence-electron chi connectivity index (χ3n) is 16.1. The molecule has 4 heterocycles. The third kappa shape index (κ3) is 7.55. The number of esters is 1. The van der Waals surface area contributed by atoms with Gasteiger partial charge in [-0.2, -0.15) is 0 Å². The molecule has 17 nitrogen and oxygen atoms in total. The normalized spacial score (nSPS) is 52.6. The molecule has 0 aromatic carbocycles. The van der Waals surface area contributed by atoms with Crippen molar-refractivity contribution in [3.05, 3.63) is 11.6 Å². The minimum Gasteiger partial charge on any atom is -0.458 e. The van der Waals surface area contributed by atoms with Crippen molar-refractivity contribution in [3.8, 4) is 0 Å². The molecular formula is C42H64O17. The number of aliphatic hydroxyl groups is 7. The van der Waals surface area contributed by atoms with E-state index in [1.807, 2.05) is 0 Å². The zero-order valence-electron chi connectivity index (χ0n) is 34.4. The highest BCUT2D eigenvalue weighted by molar-refractivity contribution is 5.93. The number of fused-ring (bicyclic) bond motifs is 3. The van der Waals surface area contributed by atoms with Crippen LogP contribution in [0, 0.1) is 34.0 Å². The van der Waals surface area contributed by atoms with Crippen LogP contribution in [0.4, 0.5) is 0 Å². The monoisotopic (exact) mass is 840 g/mol. The molecule has 1 spiro atoms. The van der Waals surface area contributed by atoms with Crippen LogP contribution in [0.25, 0.3) is 0 Å². The second kappa shape index (κ2) is 16.8. The number of aliphatic hydroxyl groups excluding tert-OH is 7. The summed E-state index contributed by atoms with van der Waals surface area (Å²) in [5.41, 5.74) is 0.201. The van der Waals surface area contributed by atoms with E-state index in [1.54, 1.807) is 13.0 Å². The van der Waals surface area contributed by atoms with Crippen LogP contribution in [0.3, 0.4) is 0 Å². The van der Waals surface area contributed by atoms with Crippen molar-refractivity contribution < 1.29 is 83.2 Å². The first-order chi connectivity index (χ1) is 28.0. The van der Waals surface area contributed by atoms with Crippen LogP contribution < -0.4 is 0 Å². The maximum absolute atomic E-state index is 14.6. The lowest BCUT2D eigenvalue weighted by Crippen LogP contribution is -2.64. The molecule has 0 aromatic rings. The van der Waals surface area contributed by atoms with Crippen LogP contribution in [0.1, 0.15) is 85.0 Å². The lowest BCUT2D eigenvalue weighted by Gasteiger charge is -2.66. The fourth-order valence-electron chi connectivity index (χ4n) is 12.7. The van der Waals surface area contributed by atoms with Gasteiger partial charge in [0.05, 0.1) is 31.5 Å². The Morgan fingerprint density at radius 3 is 2.17 bits per heavy atom. The van der Waals surface area contributed by atoms with Gasteiger partial charge in [0.2, 0.25) is 0 Å². The van der Waals surface area contributed by atoms with Crippen molar-refractivity contribution in [2.75, 3.05) is 26.9 Å². The van der Waals surface area contributed by atoms with Crippen molar-refractivity contribution in [2.24, 2.45) is 34.0 Å². The number of cyclic esters (lactones) is 1. The zero-order chi connectivity index (χ0) is 42.2. The predicted molar refractivity (Wildman–Crippen MR) is 201 cm³/mol. The van der Waals surface area contributed by atoms with Gasteiger partial charge in [-0.15, -0.1) is 0 Å². The Kier molecular flexibility index (Phi) is 12.5. The number of hydrogen-bond donors (Lipinski definition) is 7. The van der Waals surface area contributed by atoms with E-state index in [0.29, 0.717) is 30.6 Å². The van der Waals surface area contributed by atoms with E-state index < -0.39 is 105 Å². The maximum atomic E-state index is 14.6. The van der Waals surface area contributed by atoms with Crippen molar-refractivity contribution >= 4 is 11.8 Å². The van der Waals surface area contributed by atoms with Crippen molar-refractivity contribution in [2.45, 2.75) is 177 Å². The van der Waals surface area contributed by atoms with Gasteiger partial charge in [-0.3, -0.25) is 4.79 Å². The molecule has 8 rings (SSSR count). The summed E-state index contributed by atoms with van der Waals surface area (Å²) in [5.74, 6) is 0.866. The Morgan fingerprint density at radius 1 is 0.780 bits per heavy atom. The van der Waals surface area contributed by atoms with Gasteiger partial charge in [0.1, 0.15) is 67.3 Å². The Bertz CT molecular complexity index is 1580. The Balaban J connectivity index is 0.863. The Hall–Kier alpha value is -1.68. The van der Waals surface area contributed by atoms with Crippen molar-refractivity contribution in [1.82, 2.24) is 0 Å². The van der Waals surface area contributed by atoms with Gasteiger partial charge < -0.3 is 73.6 Å². The second-order valence-electron chi connectivity index (χ2n) is 19.1. The van der Waals surface area contributed by atoms with Crippen LogP contribution in [0.5, 0.6) is 0 Å². The summed E-state index contributed by atoms with van der Waals surface area (Å²) < 4.78 is 47.2. The van der Waals surface area contributed by atoms with Gasteiger partial charge in [0.15, 0.2) is 18.9 Å². The smallest absolute Gasteiger partial charge is 0.331 e. The summed E-state index contributed by atoms with van der Waals surface area (Å²) in [6, 6.07) is 0. The lowest BCUT2D eigenvalue weighted by molar-refractivity contribution is -0.355. The number of hydrogen-bond acceptors (Lipinski definition) is 17. The molecule has 4 aliphatic carbocycles. The molecule has 17 heteroatoms. The fourth-order valence-corrected chi connectivity index (χ4v) is 12.7. The van der Waals surface area contributed by atoms with Crippen molar-refractivity contribution in [3.63, 3.8) is 0 Å². The van der Waals surface area contributed by atoms with Gasteiger partial charge in [-0.1, -0.05) is 13.8 Å². The summed E-state index contributed by atoms with van der Waals surface area (Å²) in [6.45, 7) is 5.49. The molecule has 21 atom stereocenters. The van der Waals surface area contributed by atoms with E-state index >= 15 is 0 Å². The highest BCUT2D eigenvalue weighted by Gasteiger charge is 2.68. The topological polar surface area (TPSA) is 250 Å². The number of Topliss-reactive ketones (excluding diaryl/α,β-unsaturated/α-hetero) is 1. The minimum atomic E-state index is -1.71. The molecule has 7 N–H and O–H groups in total. The summed E-state index contributed by atoms with van der Waals surface area (Å²) in [5, 5.41) is 72.4. The average Bonchev–Trinajstić information content (AvgIpc) is 3.64. The molecule has 2 bridgehead atoms. The van der Waals surface area contributed by atoms with Crippen LogP contribution >= 0.6 is 0 Å². The maximum Gasteiger partial charge on any atom is 0.331 e. The Labute approximate surface area is 344 Å². The SMILES string of the molecule is CO[C@@H]1C[C@H](O[C@@H]2CC[C@]3(C)[C@H](CC[C@@]45CC[C@H](C6=CC(=O)OC6)[C@@](C)(CC[C@H]43)C5=O)C2)O[C@H](C)[C@@H]1O[C@@H]1O[C@H](CO[C@@H]2O[C@H](CO)[C@@H](O)[C@H](O)[C@H]2O)[C@@H](O)[C@H](O)[C@H]1O. The number of ketones is 1. The summed E-state index contributed by atoms with van der Waals surface area (Å²) in [6.07, 6.45) is -7.97. The highest BCUT2D eigenvalue weighted by atomic mass is 16.8. The molecule has 0 amide bonds. The van der Waals surface area contributed by atoms with E-state index in [0.717, 1.165) is 63.4 Å². The van der Waals surface area contributed by atoms with Crippen LogP contribution in [0.15, 0.2) is 11.6 Å². The van der Waals surface area contributed by atoms with Crippen LogP contribution in [-0.4, -0.2) is 167 Å². The van der Waals surface area contributed by atoms with Gasteiger partial charge in [-0.05, 0) is 93.5 Å².